The van der Waals surface area contributed by atoms with Crippen molar-refractivity contribution in [1.82, 2.24) is 0 Å². The Morgan fingerprint density at radius 3 is 2.94 bits per heavy atom. The Morgan fingerprint density at radius 1 is 1.50 bits per heavy atom. The van der Waals surface area contributed by atoms with Crippen molar-refractivity contribution in [3.63, 3.8) is 0 Å². The van der Waals surface area contributed by atoms with Crippen LogP contribution in [0.5, 0.6) is 5.75 Å². The molecule has 1 atom stereocenters. The molecule has 1 aromatic rings. The molecule has 0 spiro atoms. The van der Waals surface area contributed by atoms with E-state index >= 15 is 0 Å². The lowest BCUT2D eigenvalue weighted by Crippen LogP contribution is -2.28. The number of hydrogen-bond donors (Lipinski definition) is 0. The summed E-state index contributed by atoms with van der Waals surface area (Å²) >= 11 is 0. The average molecular weight is 248 g/mol. The molecule has 96 valence electrons. The van der Waals surface area contributed by atoms with Gasteiger partial charge in [-0.1, -0.05) is 13.3 Å². The number of benzene rings is 1. The van der Waals surface area contributed by atoms with Gasteiger partial charge < -0.3 is 9.47 Å². The molecule has 0 radical (unpaired) electrons. The number of fused-ring (bicyclic) bond motifs is 1. The van der Waals surface area contributed by atoms with Crippen LogP contribution in [0.25, 0.3) is 0 Å². The highest BCUT2D eigenvalue weighted by atomic mass is 16.5. The van der Waals surface area contributed by atoms with Crippen molar-refractivity contribution in [3.05, 3.63) is 29.3 Å². The van der Waals surface area contributed by atoms with E-state index in [0.29, 0.717) is 23.5 Å². The average Bonchev–Trinajstić information content (AvgIpc) is 2.41. The Kier molecular flexibility index (Phi) is 3.65. The monoisotopic (exact) mass is 248 g/mol. The summed E-state index contributed by atoms with van der Waals surface area (Å²) in [4.78, 5) is 23.7. The fraction of sp³-hybridized carbons (Fsp3) is 0.429. The smallest absolute Gasteiger partial charge is 0.337 e. The van der Waals surface area contributed by atoms with E-state index in [1.54, 1.807) is 18.2 Å². The van der Waals surface area contributed by atoms with Crippen molar-refractivity contribution in [3.8, 4) is 5.75 Å². The van der Waals surface area contributed by atoms with E-state index < -0.39 is 5.97 Å². The van der Waals surface area contributed by atoms with E-state index in [1.807, 2.05) is 6.92 Å². The first-order valence-electron chi connectivity index (χ1n) is 6.06. The minimum atomic E-state index is -0.441. The molecule has 0 saturated carbocycles. The third kappa shape index (κ3) is 2.23. The Balaban J connectivity index is 2.33. The normalized spacial score (nSPS) is 17.9. The molecule has 1 aliphatic heterocycles. The molecule has 0 amide bonds. The number of ether oxygens (including phenoxy) is 2. The molecule has 1 unspecified atom stereocenters. The lowest BCUT2D eigenvalue weighted by Gasteiger charge is -2.24. The number of rotatable bonds is 3. The summed E-state index contributed by atoms with van der Waals surface area (Å²) < 4.78 is 10.2. The predicted molar refractivity (Wildman–Crippen MR) is 66.0 cm³/mol. The molecule has 1 aliphatic rings. The highest BCUT2D eigenvalue weighted by molar-refractivity contribution is 6.03. The minimum Gasteiger partial charge on any atom is -0.492 e. The van der Waals surface area contributed by atoms with Crippen LogP contribution in [-0.4, -0.2) is 25.5 Å². The van der Waals surface area contributed by atoms with Gasteiger partial charge in [-0.15, -0.1) is 0 Å². The molecule has 0 saturated heterocycles. The first-order chi connectivity index (χ1) is 8.67. The van der Waals surface area contributed by atoms with Gasteiger partial charge in [-0.3, -0.25) is 4.79 Å². The number of carbonyl (C=O) groups excluding carboxylic acids is 2. The van der Waals surface area contributed by atoms with Gasteiger partial charge in [-0.25, -0.2) is 4.79 Å². The molecule has 0 bridgehead atoms. The third-order valence-electron chi connectivity index (χ3n) is 3.11. The van der Waals surface area contributed by atoms with Crippen molar-refractivity contribution >= 4 is 11.8 Å². The Morgan fingerprint density at radius 2 is 2.28 bits per heavy atom. The first kappa shape index (κ1) is 12.6. The second-order valence-electron chi connectivity index (χ2n) is 4.36. The molecule has 4 nitrogen and oxygen atoms in total. The van der Waals surface area contributed by atoms with Gasteiger partial charge in [0, 0.05) is 0 Å². The number of methoxy groups -OCH3 is 1. The maximum Gasteiger partial charge on any atom is 0.337 e. The Labute approximate surface area is 106 Å². The van der Waals surface area contributed by atoms with Gasteiger partial charge in [0.15, 0.2) is 5.78 Å². The van der Waals surface area contributed by atoms with Crippen LogP contribution in [0.2, 0.25) is 0 Å². The highest BCUT2D eigenvalue weighted by Crippen LogP contribution is 2.30. The van der Waals surface area contributed by atoms with Crippen molar-refractivity contribution in [2.75, 3.05) is 13.7 Å². The standard InChI is InChI=1S/C14H16O4/c1-3-4-10-8-18-12-6-5-9(14(16)17-2)7-11(12)13(10)15/h5-7,10H,3-4,8H2,1-2H3. The van der Waals surface area contributed by atoms with E-state index in [2.05, 4.69) is 4.74 Å². The second kappa shape index (κ2) is 5.21. The summed E-state index contributed by atoms with van der Waals surface area (Å²) in [6, 6.07) is 4.82. The van der Waals surface area contributed by atoms with Crippen LogP contribution in [0.3, 0.4) is 0 Å². The van der Waals surface area contributed by atoms with Crippen LogP contribution in [0.15, 0.2) is 18.2 Å². The predicted octanol–water partition coefficient (Wildman–Crippen LogP) is 2.46. The van der Waals surface area contributed by atoms with Crippen LogP contribution in [0, 0.1) is 5.92 Å². The molecular weight excluding hydrogens is 232 g/mol. The molecule has 4 heteroatoms. The summed E-state index contributed by atoms with van der Waals surface area (Å²) in [5, 5.41) is 0. The van der Waals surface area contributed by atoms with Gasteiger partial charge in [0.25, 0.3) is 0 Å². The van der Waals surface area contributed by atoms with E-state index in [-0.39, 0.29) is 11.7 Å². The third-order valence-corrected chi connectivity index (χ3v) is 3.11. The SMILES string of the molecule is CCCC1COc2ccc(C(=O)OC)cc2C1=O. The van der Waals surface area contributed by atoms with E-state index in [1.165, 1.54) is 7.11 Å². The Hall–Kier alpha value is -1.84. The largest absolute Gasteiger partial charge is 0.492 e. The summed E-state index contributed by atoms with van der Waals surface area (Å²) in [7, 11) is 1.32. The number of esters is 1. The Bertz CT molecular complexity index is 479. The van der Waals surface area contributed by atoms with Crippen LogP contribution >= 0.6 is 0 Å². The van der Waals surface area contributed by atoms with Gasteiger partial charge in [-0.05, 0) is 24.6 Å². The number of Topliss-reactive ketones (excluding diaryl/α,β-unsaturated/α-hetero) is 1. The van der Waals surface area contributed by atoms with E-state index in [9.17, 15) is 9.59 Å². The number of carbonyl (C=O) groups is 2. The quantitative estimate of drug-likeness (QED) is 0.771. The minimum absolute atomic E-state index is 0.0591. The fourth-order valence-electron chi connectivity index (χ4n) is 2.14. The zero-order valence-corrected chi connectivity index (χ0v) is 10.6. The molecule has 0 N–H and O–H groups in total. The summed E-state index contributed by atoms with van der Waals surface area (Å²) in [6.45, 7) is 2.46. The number of ketones is 1. The zero-order valence-electron chi connectivity index (χ0n) is 10.6. The number of hydrogen-bond acceptors (Lipinski definition) is 4. The van der Waals surface area contributed by atoms with Gasteiger partial charge >= 0.3 is 5.97 Å². The lowest BCUT2D eigenvalue weighted by atomic mass is 9.91. The topological polar surface area (TPSA) is 52.6 Å². The van der Waals surface area contributed by atoms with E-state index in [0.717, 1.165) is 12.8 Å². The summed E-state index contributed by atoms with van der Waals surface area (Å²) in [5.41, 5.74) is 0.868. The molecule has 18 heavy (non-hydrogen) atoms. The second-order valence-corrected chi connectivity index (χ2v) is 4.36. The van der Waals surface area contributed by atoms with Crippen LogP contribution in [0.1, 0.15) is 40.5 Å². The van der Waals surface area contributed by atoms with Gasteiger partial charge in [-0.2, -0.15) is 0 Å². The van der Waals surface area contributed by atoms with Crippen molar-refractivity contribution in [1.29, 1.82) is 0 Å². The van der Waals surface area contributed by atoms with Crippen LogP contribution in [-0.2, 0) is 4.74 Å². The molecule has 0 aliphatic carbocycles. The van der Waals surface area contributed by atoms with Crippen LogP contribution in [0.4, 0.5) is 0 Å². The maximum absolute atomic E-state index is 12.2. The van der Waals surface area contributed by atoms with E-state index in [4.69, 9.17) is 4.74 Å². The molecule has 1 aromatic carbocycles. The molecule has 2 rings (SSSR count). The lowest BCUT2D eigenvalue weighted by molar-refractivity contribution is 0.0600. The van der Waals surface area contributed by atoms with Crippen molar-refractivity contribution in [2.24, 2.45) is 5.92 Å². The molecule has 1 heterocycles. The summed E-state index contributed by atoms with van der Waals surface area (Å²) in [6.07, 6.45) is 1.74. The fourth-order valence-corrected chi connectivity index (χ4v) is 2.14. The van der Waals surface area contributed by atoms with Gasteiger partial charge in [0.1, 0.15) is 5.75 Å². The highest BCUT2D eigenvalue weighted by Gasteiger charge is 2.28. The van der Waals surface area contributed by atoms with Crippen molar-refractivity contribution in [2.45, 2.75) is 19.8 Å². The van der Waals surface area contributed by atoms with Crippen molar-refractivity contribution < 1.29 is 19.1 Å². The summed E-state index contributed by atoms with van der Waals surface area (Å²) in [5.74, 6) is 0.0717. The molecular formula is C14H16O4. The van der Waals surface area contributed by atoms with Gasteiger partial charge in [0.05, 0.1) is 30.8 Å². The first-order valence-corrected chi connectivity index (χ1v) is 6.06. The molecule has 0 fully saturated rings. The van der Waals surface area contributed by atoms with Gasteiger partial charge in [0.2, 0.25) is 0 Å². The van der Waals surface area contributed by atoms with Crippen LogP contribution < -0.4 is 4.74 Å². The maximum atomic E-state index is 12.2. The molecule has 0 aromatic heterocycles. The zero-order chi connectivity index (χ0) is 13.1.